The van der Waals surface area contributed by atoms with Gasteiger partial charge in [0.15, 0.2) is 0 Å². The molecule has 0 aliphatic carbocycles. The van der Waals surface area contributed by atoms with Crippen LogP contribution < -0.4 is 5.32 Å². The van der Waals surface area contributed by atoms with Crippen LogP contribution in [0.3, 0.4) is 0 Å². The standard InChI is InChI=1S/C16H26N2O/c1-12(2)14-5-4-13(3)15(16(14)19)6-9-18-10-7-17-8-11-18/h4-5,12,17,19H,6-11H2,1-3H3. The van der Waals surface area contributed by atoms with E-state index in [0.29, 0.717) is 11.7 Å². The summed E-state index contributed by atoms with van der Waals surface area (Å²) in [5.41, 5.74) is 3.41. The first-order valence-corrected chi connectivity index (χ1v) is 7.34. The number of piperazine rings is 1. The van der Waals surface area contributed by atoms with E-state index in [-0.39, 0.29) is 0 Å². The van der Waals surface area contributed by atoms with Crippen molar-refractivity contribution in [2.45, 2.75) is 33.1 Å². The van der Waals surface area contributed by atoms with E-state index >= 15 is 0 Å². The maximum absolute atomic E-state index is 10.4. The number of phenolic OH excluding ortho intramolecular Hbond substituents is 1. The molecule has 106 valence electrons. The van der Waals surface area contributed by atoms with Crippen molar-refractivity contribution in [2.75, 3.05) is 32.7 Å². The summed E-state index contributed by atoms with van der Waals surface area (Å²) in [4.78, 5) is 2.47. The molecule has 3 nitrogen and oxygen atoms in total. The van der Waals surface area contributed by atoms with Crippen LogP contribution in [0.25, 0.3) is 0 Å². The lowest BCUT2D eigenvalue weighted by Crippen LogP contribution is -2.44. The molecule has 0 bridgehead atoms. The number of aryl methyl sites for hydroxylation is 1. The van der Waals surface area contributed by atoms with Crippen LogP contribution in [-0.4, -0.2) is 42.7 Å². The highest BCUT2D eigenvalue weighted by Gasteiger charge is 2.15. The number of hydrogen-bond donors (Lipinski definition) is 2. The normalized spacial score (nSPS) is 17.1. The largest absolute Gasteiger partial charge is 0.507 e. The SMILES string of the molecule is Cc1ccc(C(C)C)c(O)c1CCN1CCNCC1. The quantitative estimate of drug-likeness (QED) is 0.874. The molecule has 1 aromatic rings. The first kappa shape index (κ1) is 14.4. The Hall–Kier alpha value is -1.06. The zero-order valence-corrected chi connectivity index (χ0v) is 12.4. The van der Waals surface area contributed by atoms with E-state index in [9.17, 15) is 5.11 Å². The van der Waals surface area contributed by atoms with Gasteiger partial charge in [-0.1, -0.05) is 26.0 Å². The molecule has 1 saturated heterocycles. The predicted molar refractivity (Wildman–Crippen MR) is 79.9 cm³/mol. The molecule has 0 saturated carbocycles. The lowest BCUT2D eigenvalue weighted by atomic mass is 9.94. The molecule has 0 aromatic heterocycles. The summed E-state index contributed by atoms with van der Waals surface area (Å²) < 4.78 is 0. The number of nitrogens with one attached hydrogen (secondary N) is 1. The average Bonchev–Trinajstić information content (AvgIpc) is 2.39. The maximum atomic E-state index is 10.4. The van der Waals surface area contributed by atoms with Crippen molar-refractivity contribution >= 4 is 0 Å². The predicted octanol–water partition coefficient (Wildman–Crippen LogP) is 2.27. The molecule has 0 spiro atoms. The topological polar surface area (TPSA) is 35.5 Å². The van der Waals surface area contributed by atoms with E-state index in [2.05, 4.69) is 43.1 Å². The van der Waals surface area contributed by atoms with E-state index in [1.54, 1.807) is 0 Å². The molecule has 1 aromatic carbocycles. The molecule has 19 heavy (non-hydrogen) atoms. The van der Waals surface area contributed by atoms with Gasteiger partial charge >= 0.3 is 0 Å². The van der Waals surface area contributed by atoms with Gasteiger partial charge in [0.1, 0.15) is 5.75 Å². The maximum Gasteiger partial charge on any atom is 0.122 e. The number of aromatic hydroxyl groups is 1. The van der Waals surface area contributed by atoms with Gasteiger partial charge in [-0.3, -0.25) is 0 Å². The highest BCUT2D eigenvalue weighted by Crippen LogP contribution is 2.31. The minimum atomic E-state index is 0.374. The number of hydrogen-bond acceptors (Lipinski definition) is 3. The summed E-state index contributed by atoms with van der Waals surface area (Å²) in [6, 6.07) is 4.20. The Morgan fingerprint density at radius 1 is 1.26 bits per heavy atom. The molecule has 1 aliphatic rings. The molecule has 0 radical (unpaired) electrons. The second kappa shape index (κ2) is 6.40. The first-order valence-electron chi connectivity index (χ1n) is 7.34. The fraction of sp³-hybridized carbons (Fsp3) is 0.625. The van der Waals surface area contributed by atoms with Crippen LogP contribution in [-0.2, 0) is 6.42 Å². The smallest absolute Gasteiger partial charge is 0.122 e. The second-order valence-electron chi connectivity index (χ2n) is 5.80. The number of nitrogens with zero attached hydrogens (tertiary/aromatic N) is 1. The van der Waals surface area contributed by atoms with Gasteiger partial charge < -0.3 is 15.3 Å². The third-order valence-electron chi connectivity index (χ3n) is 4.06. The molecule has 1 fully saturated rings. The molecule has 1 aliphatic heterocycles. The zero-order chi connectivity index (χ0) is 13.8. The highest BCUT2D eigenvalue weighted by atomic mass is 16.3. The van der Waals surface area contributed by atoms with Crippen molar-refractivity contribution in [1.29, 1.82) is 0 Å². The fourth-order valence-electron chi connectivity index (χ4n) is 2.74. The third kappa shape index (κ3) is 3.48. The van der Waals surface area contributed by atoms with Crippen LogP contribution >= 0.6 is 0 Å². The second-order valence-corrected chi connectivity index (χ2v) is 5.80. The van der Waals surface area contributed by atoms with Crippen LogP contribution in [0.15, 0.2) is 12.1 Å². The Balaban J connectivity index is 2.08. The Bertz CT molecular complexity index is 423. The molecule has 0 amide bonds. The summed E-state index contributed by atoms with van der Waals surface area (Å²) >= 11 is 0. The average molecular weight is 262 g/mol. The lowest BCUT2D eigenvalue weighted by molar-refractivity contribution is 0.243. The Kier molecular flexibility index (Phi) is 4.83. The summed E-state index contributed by atoms with van der Waals surface area (Å²) in [5, 5.41) is 13.8. The summed E-state index contributed by atoms with van der Waals surface area (Å²) in [6.45, 7) is 11.8. The van der Waals surface area contributed by atoms with Gasteiger partial charge in [-0.15, -0.1) is 0 Å². The van der Waals surface area contributed by atoms with Crippen molar-refractivity contribution in [2.24, 2.45) is 0 Å². The van der Waals surface area contributed by atoms with Gasteiger partial charge in [0.25, 0.3) is 0 Å². The Morgan fingerprint density at radius 2 is 1.95 bits per heavy atom. The van der Waals surface area contributed by atoms with Crippen LogP contribution in [0, 0.1) is 6.92 Å². The third-order valence-corrected chi connectivity index (χ3v) is 4.06. The summed E-state index contributed by atoms with van der Waals surface area (Å²) in [7, 11) is 0. The van der Waals surface area contributed by atoms with Crippen molar-refractivity contribution in [3.63, 3.8) is 0 Å². The molecule has 3 heteroatoms. The van der Waals surface area contributed by atoms with E-state index in [1.165, 1.54) is 5.56 Å². The van der Waals surface area contributed by atoms with E-state index in [1.807, 2.05) is 0 Å². The fourth-order valence-corrected chi connectivity index (χ4v) is 2.74. The lowest BCUT2D eigenvalue weighted by Gasteiger charge is -2.27. The van der Waals surface area contributed by atoms with E-state index in [4.69, 9.17) is 0 Å². The van der Waals surface area contributed by atoms with Gasteiger partial charge in [-0.25, -0.2) is 0 Å². The molecular weight excluding hydrogens is 236 g/mol. The van der Waals surface area contributed by atoms with Crippen LogP contribution in [0.1, 0.15) is 36.5 Å². The van der Waals surface area contributed by atoms with Gasteiger partial charge in [-0.05, 0) is 36.0 Å². The molecular formula is C16H26N2O. The summed E-state index contributed by atoms with van der Waals surface area (Å²) in [6.07, 6.45) is 0.943. The van der Waals surface area contributed by atoms with Crippen LogP contribution in [0.2, 0.25) is 0 Å². The van der Waals surface area contributed by atoms with Gasteiger partial charge in [-0.2, -0.15) is 0 Å². The first-order chi connectivity index (χ1) is 9.09. The van der Waals surface area contributed by atoms with Crippen LogP contribution in [0.4, 0.5) is 0 Å². The van der Waals surface area contributed by atoms with Crippen molar-refractivity contribution in [3.05, 3.63) is 28.8 Å². The molecule has 1 heterocycles. The number of rotatable bonds is 4. The number of benzene rings is 1. The zero-order valence-electron chi connectivity index (χ0n) is 12.4. The van der Waals surface area contributed by atoms with Gasteiger partial charge in [0.2, 0.25) is 0 Å². The number of phenols is 1. The van der Waals surface area contributed by atoms with Crippen molar-refractivity contribution < 1.29 is 5.11 Å². The Labute approximate surface area is 116 Å². The van der Waals surface area contributed by atoms with Gasteiger partial charge in [0.05, 0.1) is 0 Å². The van der Waals surface area contributed by atoms with Crippen LogP contribution in [0.5, 0.6) is 5.75 Å². The molecule has 0 unspecified atom stereocenters. The van der Waals surface area contributed by atoms with E-state index in [0.717, 1.165) is 50.3 Å². The van der Waals surface area contributed by atoms with E-state index < -0.39 is 0 Å². The minimum Gasteiger partial charge on any atom is -0.507 e. The monoisotopic (exact) mass is 262 g/mol. The minimum absolute atomic E-state index is 0.374. The molecule has 2 rings (SSSR count). The highest BCUT2D eigenvalue weighted by molar-refractivity contribution is 5.46. The molecule has 0 atom stereocenters. The summed E-state index contributed by atoms with van der Waals surface area (Å²) in [5.74, 6) is 0.892. The van der Waals surface area contributed by atoms with Crippen molar-refractivity contribution in [1.82, 2.24) is 10.2 Å². The molecule has 2 N–H and O–H groups in total. The van der Waals surface area contributed by atoms with Crippen molar-refractivity contribution in [3.8, 4) is 5.75 Å². The van der Waals surface area contributed by atoms with Gasteiger partial charge in [0, 0.05) is 32.7 Å². The Morgan fingerprint density at radius 3 is 2.58 bits per heavy atom.